The van der Waals surface area contributed by atoms with Crippen molar-refractivity contribution in [1.82, 2.24) is 4.90 Å². The van der Waals surface area contributed by atoms with Gasteiger partial charge in [-0.05, 0) is 43.7 Å². The van der Waals surface area contributed by atoms with Gasteiger partial charge < -0.3 is 4.90 Å². The van der Waals surface area contributed by atoms with E-state index in [-0.39, 0.29) is 29.4 Å². The van der Waals surface area contributed by atoms with Gasteiger partial charge in [0, 0.05) is 30.9 Å². The van der Waals surface area contributed by atoms with Crippen LogP contribution in [0.4, 0.5) is 11.4 Å². The number of fused-ring (bicyclic) bond motifs is 1. The van der Waals surface area contributed by atoms with Crippen molar-refractivity contribution in [3.63, 3.8) is 0 Å². The number of carbonyl (C=O) groups is 3. The van der Waals surface area contributed by atoms with E-state index in [1.165, 1.54) is 17.0 Å². The van der Waals surface area contributed by atoms with Crippen LogP contribution in [-0.4, -0.2) is 40.6 Å². The van der Waals surface area contributed by atoms with Crippen LogP contribution in [0.1, 0.15) is 42.2 Å². The Balaban J connectivity index is 1.67. The normalized spacial score (nSPS) is 12.6. The number of imide groups is 1. The lowest BCUT2D eigenvalue weighted by molar-refractivity contribution is -0.384. The van der Waals surface area contributed by atoms with Crippen molar-refractivity contribution < 1.29 is 19.3 Å². The molecule has 0 atom stereocenters. The maximum Gasteiger partial charge on any atom is 0.270 e. The molecule has 8 nitrogen and oxygen atoms in total. The van der Waals surface area contributed by atoms with E-state index in [1.807, 2.05) is 26.0 Å². The molecule has 1 heterocycles. The molecule has 0 radical (unpaired) electrons. The third-order valence-electron chi connectivity index (χ3n) is 5.71. The number of hydrogen-bond acceptors (Lipinski definition) is 5. The van der Waals surface area contributed by atoms with Crippen LogP contribution in [0.25, 0.3) is 0 Å². The molecular formula is C25H20ClN3O5. The van der Waals surface area contributed by atoms with Gasteiger partial charge in [0.15, 0.2) is 0 Å². The van der Waals surface area contributed by atoms with E-state index in [1.54, 1.807) is 30.3 Å². The Morgan fingerprint density at radius 2 is 1.65 bits per heavy atom. The monoisotopic (exact) mass is 477 g/mol. The second-order valence-corrected chi connectivity index (χ2v) is 8.38. The molecule has 0 saturated heterocycles. The first-order valence-corrected chi connectivity index (χ1v) is 10.8. The van der Waals surface area contributed by atoms with Crippen LogP contribution >= 0.6 is 11.6 Å². The number of hydrogen-bond donors (Lipinski definition) is 0. The van der Waals surface area contributed by atoms with Crippen LogP contribution < -0.4 is 4.90 Å². The maximum atomic E-state index is 13.6. The minimum atomic E-state index is -0.593. The summed E-state index contributed by atoms with van der Waals surface area (Å²) in [5.74, 6) is -1.33. The zero-order valence-electron chi connectivity index (χ0n) is 18.4. The zero-order valence-corrected chi connectivity index (χ0v) is 19.2. The molecular weight excluding hydrogens is 458 g/mol. The second kappa shape index (κ2) is 9.07. The van der Waals surface area contributed by atoms with Crippen molar-refractivity contribution in [1.29, 1.82) is 0 Å². The van der Waals surface area contributed by atoms with Gasteiger partial charge in [-0.3, -0.25) is 29.4 Å². The van der Waals surface area contributed by atoms with Crippen molar-refractivity contribution in [3.05, 3.63) is 104 Å². The number of non-ortho nitro benzene ring substituents is 1. The highest BCUT2D eigenvalue weighted by Crippen LogP contribution is 2.29. The number of amides is 3. The van der Waals surface area contributed by atoms with Gasteiger partial charge in [0.25, 0.3) is 23.4 Å². The number of nitro benzene ring substituents is 1. The molecule has 34 heavy (non-hydrogen) atoms. The molecule has 0 bridgehead atoms. The summed E-state index contributed by atoms with van der Waals surface area (Å²) in [5, 5.41) is 11.0. The highest BCUT2D eigenvalue weighted by Gasteiger charge is 2.35. The molecule has 0 N–H and O–H groups in total. The summed E-state index contributed by atoms with van der Waals surface area (Å²) in [6.07, 6.45) is 0. The second-order valence-electron chi connectivity index (χ2n) is 7.98. The fourth-order valence-corrected chi connectivity index (χ4v) is 4.27. The first-order valence-electron chi connectivity index (χ1n) is 10.5. The standard InChI is InChI=1S/C25H20ClN3O5/c1-15-7-10-22(16(2)13-15)27(25(32)20-9-8-17(29(33)34)14-21(20)26)11-12-28-23(30)18-5-3-4-6-19(18)24(28)31/h3-10,13-14H,11-12H2,1-2H3. The number of rotatable bonds is 6. The maximum absolute atomic E-state index is 13.6. The Morgan fingerprint density at radius 1 is 1.00 bits per heavy atom. The molecule has 3 aromatic carbocycles. The minimum absolute atomic E-state index is 0.0154. The van der Waals surface area contributed by atoms with E-state index in [9.17, 15) is 24.5 Å². The van der Waals surface area contributed by atoms with Crippen molar-refractivity contribution in [2.24, 2.45) is 0 Å². The van der Waals surface area contributed by atoms with Gasteiger partial charge in [-0.15, -0.1) is 0 Å². The van der Waals surface area contributed by atoms with E-state index < -0.39 is 22.6 Å². The van der Waals surface area contributed by atoms with Gasteiger partial charge in [-0.1, -0.05) is 41.4 Å². The first kappa shape index (κ1) is 23.1. The molecule has 3 aromatic rings. The van der Waals surface area contributed by atoms with Crippen molar-refractivity contribution in [3.8, 4) is 0 Å². The van der Waals surface area contributed by atoms with Crippen molar-refractivity contribution >= 4 is 40.7 Å². The number of halogens is 1. The number of nitrogens with zero attached hydrogens (tertiary/aromatic N) is 3. The van der Waals surface area contributed by atoms with E-state index in [4.69, 9.17) is 11.6 Å². The van der Waals surface area contributed by atoms with Gasteiger partial charge in [-0.2, -0.15) is 0 Å². The molecule has 0 saturated carbocycles. The zero-order chi connectivity index (χ0) is 24.6. The van der Waals surface area contributed by atoms with Crippen LogP contribution in [0.2, 0.25) is 5.02 Å². The van der Waals surface area contributed by atoms with Crippen molar-refractivity contribution in [2.75, 3.05) is 18.0 Å². The predicted octanol–water partition coefficient (Wildman–Crippen LogP) is 4.81. The van der Waals surface area contributed by atoms with E-state index in [0.29, 0.717) is 16.8 Å². The van der Waals surface area contributed by atoms with Crippen molar-refractivity contribution in [2.45, 2.75) is 13.8 Å². The van der Waals surface area contributed by atoms with Gasteiger partial charge in [-0.25, -0.2) is 0 Å². The largest absolute Gasteiger partial charge is 0.306 e. The van der Waals surface area contributed by atoms with Crippen LogP contribution in [0.15, 0.2) is 60.7 Å². The fourth-order valence-electron chi connectivity index (χ4n) is 4.02. The highest BCUT2D eigenvalue weighted by atomic mass is 35.5. The summed E-state index contributed by atoms with van der Waals surface area (Å²) in [4.78, 5) is 52.1. The summed E-state index contributed by atoms with van der Waals surface area (Å²) in [6.45, 7) is 3.76. The number of aryl methyl sites for hydroxylation is 2. The third kappa shape index (κ3) is 4.15. The molecule has 9 heteroatoms. The lowest BCUT2D eigenvalue weighted by atomic mass is 10.1. The van der Waals surface area contributed by atoms with Crippen LogP contribution in [0.3, 0.4) is 0 Å². The molecule has 0 unspecified atom stereocenters. The summed E-state index contributed by atoms with van der Waals surface area (Å²) in [6, 6.07) is 15.8. The number of nitro groups is 1. The number of carbonyl (C=O) groups excluding carboxylic acids is 3. The molecule has 3 amide bonds. The van der Waals surface area contributed by atoms with Crippen LogP contribution in [0, 0.1) is 24.0 Å². The molecule has 0 fully saturated rings. The Kier molecular flexibility index (Phi) is 6.17. The van der Waals surface area contributed by atoms with E-state index in [2.05, 4.69) is 0 Å². The third-order valence-corrected chi connectivity index (χ3v) is 6.02. The van der Waals surface area contributed by atoms with Gasteiger partial charge >= 0.3 is 0 Å². The highest BCUT2D eigenvalue weighted by molar-refractivity contribution is 6.34. The Bertz CT molecular complexity index is 1320. The minimum Gasteiger partial charge on any atom is -0.306 e. The summed E-state index contributed by atoms with van der Waals surface area (Å²) < 4.78 is 0. The average Bonchev–Trinajstić information content (AvgIpc) is 3.05. The molecule has 0 spiro atoms. The quantitative estimate of drug-likeness (QED) is 0.288. The predicted molar refractivity (Wildman–Crippen MR) is 128 cm³/mol. The fraction of sp³-hybridized carbons (Fsp3) is 0.160. The van der Waals surface area contributed by atoms with Crippen LogP contribution in [-0.2, 0) is 0 Å². The van der Waals surface area contributed by atoms with Gasteiger partial charge in [0.2, 0.25) is 0 Å². The average molecular weight is 478 g/mol. The Hall–Kier alpha value is -4.04. The van der Waals surface area contributed by atoms with E-state index in [0.717, 1.165) is 22.1 Å². The summed E-state index contributed by atoms with van der Waals surface area (Å²) in [7, 11) is 0. The number of benzene rings is 3. The molecule has 1 aliphatic rings. The smallest absolute Gasteiger partial charge is 0.270 e. The Labute approximate surface area is 200 Å². The lowest BCUT2D eigenvalue weighted by Gasteiger charge is -2.27. The summed E-state index contributed by atoms with van der Waals surface area (Å²) in [5.41, 5.74) is 2.91. The molecule has 0 aliphatic carbocycles. The van der Waals surface area contributed by atoms with Gasteiger partial charge in [0.1, 0.15) is 0 Å². The molecule has 1 aliphatic heterocycles. The first-order chi connectivity index (χ1) is 16.2. The molecule has 172 valence electrons. The molecule has 4 rings (SSSR count). The summed E-state index contributed by atoms with van der Waals surface area (Å²) >= 11 is 6.23. The van der Waals surface area contributed by atoms with Gasteiger partial charge in [0.05, 0.1) is 26.6 Å². The Morgan fingerprint density at radius 3 is 2.21 bits per heavy atom. The topological polar surface area (TPSA) is 101 Å². The SMILES string of the molecule is Cc1ccc(N(CCN2C(=O)c3ccccc3C2=O)C(=O)c2ccc([N+](=O)[O-])cc2Cl)c(C)c1. The van der Waals surface area contributed by atoms with Crippen LogP contribution in [0.5, 0.6) is 0 Å². The van der Waals surface area contributed by atoms with E-state index >= 15 is 0 Å². The lowest BCUT2D eigenvalue weighted by Crippen LogP contribution is -2.41. The molecule has 0 aromatic heterocycles. The number of anilines is 1.